The molecular weight excluding hydrogens is 967 g/mol. The summed E-state index contributed by atoms with van der Waals surface area (Å²) < 4.78 is 0. The van der Waals surface area contributed by atoms with Gasteiger partial charge >= 0.3 is 0 Å². The number of hydrogen-bond donors (Lipinski definition) is 0. The van der Waals surface area contributed by atoms with Gasteiger partial charge < -0.3 is 14.7 Å². The molecule has 0 unspecified atom stereocenters. The van der Waals surface area contributed by atoms with E-state index in [2.05, 4.69) is 340 Å². The molecule has 0 radical (unpaired) electrons. The van der Waals surface area contributed by atoms with Gasteiger partial charge in [0.15, 0.2) is 0 Å². The van der Waals surface area contributed by atoms with E-state index in [1.54, 1.807) is 6.08 Å². The molecule has 0 aliphatic heterocycles. The van der Waals surface area contributed by atoms with Gasteiger partial charge in [-0.25, -0.2) is 0 Å². The molecule has 12 aromatic carbocycles. The molecule has 0 saturated carbocycles. The summed E-state index contributed by atoms with van der Waals surface area (Å²) in [6.07, 6.45) is 5.61. The Morgan fingerprint density at radius 1 is 0.300 bits per heavy atom. The van der Waals surface area contributed by atoms with Gasteiger partial charge in [0.05, 0.1) is 11.4 Å². The van der Waals surface area contributed by atoms with Crippen LogP contribution in [0.4, 0.5) is 51.2 Å². The van der Waals surface area contributed by atoms with Crippen LogP contribution in [0.15, 0.2) is 329 Å². The van der Waals surface area contributed by atoms with Crippen LogP contribution in [-0.2, 0) is 0 Å². The number of aryl methyl sites for hydroxylation is 3. The zero-order valence-electron chi connectivity index (χ0n) is 45.8. The van der Waals surface area contributed by atoms with Crippen LogP contribution in [0.3, 0.4) is 0 Å². The number of para-hydroxylation sites is 2. The van der Waals surface area contributed by atoms with Crippen molar-refractivity contribution in [3.63, 3.8) is 0 Å². The first-order valence-corrected chi connectivity index (χ1v) is 27.2. The maximum Gasteiger partial charge on any atom is 0.0540 e. The minimum Gasteiger partial charge on any atom is -0.311 e. The number of hydrogen-bond acceptors (Lipinski definition) is 3. The molecule has 12 rings (SSSR count). The van der Waals surface area contributed by atoms with Crippen molar-refractivity contribution < 1.29 is 0 Å². The Hall–Kier alpha value is -10.2. The van der Waals surface area contributed by atoms with E-state index in [0.717, 1.165) is 45.3 Å². The summed E-state index contributed by atoms with van der Waals surface area (Å²) >= 11 is 0. The average molecular weight is 1030 g/mol. The fourth-order valence-corrected chi connectivity index (χ4v) is 10.0. The van der Waals surface area contributed by atoms with Gasteiger partial charge in [-0.1, -0.05) is 248 Å². The molecule has 80 heavy (non-hydrogen) atoms. The average Bonchev–Trinajstić information content (AvgIpc) is 3.53. The lowest BCUT2D eigenvalue weighted by Crippen LogP contribution is -2.11. The van der Waals surface area contributed by atoms with Crippen molar-refractivity contribution in [1.82, 2.24) is 0 Å². The molecule has 3 nitrogen and oxygen atoms in total. The minimum atomic E-state index is 1.06. The zero-order valence-corrected chi connectivity index (χ0v) is 45.8. The lowest BCUT2D eigenvalue weighted by atomic mass is 10.0. The standard InChI is InChI=1S/C27H21N.C25H21N.C25H23N/c1-20-16-18-23(19-17-20)28(26-14-6-10-21-8-2-4-12-24(21)26)27-15-7-11-22-9-3-5-13-25(22)27;1-20-15-17-24(18-16-20)26(23-12-6-3-7-13-23)25-14-8-11-22(19-25)21-9-4-2-5-10-21;1-4-9-21(5-2)22-14-18-25(19-15-22)26(23-10-7-6-8-11-23)24-16-12-20(3)13-17-24/h2-19H,1H3;2-19H,1H3;4-19H,1-2H2,3H3/b;;21-9+. The van der Waals surface area contributed by atoms with Gasteiger partial charge in [0.1, 0.15) is 0 Å². The molecule has 0 heterocycles. The SMILES string of the molecule is C=C/C=C(\C=C)c1ccc(N(c2ccccc2)c2ccc(C)cc2)cc1.Cc1ccc(N(c2cccc3ccccc23)c2cccc3ccccc23)cc1.Cc1ccc(N(c2ccccc2)c2cccc(-c3ccccc3)c2)cc1. The largest absolute Gasteiger partial charge is 0.311 e. The molecule has 0 fully saturated rings. The number of nitrogens with zero attached hydrogens (tertiary/aromatic N) is 3. The van der Waals surface area contributed by atoms with Gasteiger partial charge in [-0.3, -0.25) is 0 Å². The van der Waals surface area contributed by atoms with E-state index in [-0.39, 0.29) is 0 Å². The fourth-order valence-electron chi connectivity index (χ4n) is 10.0. The first kappa shape index (κ1) is 53.2. The molecule has 0 atom stereocenters. The lowest BCUT2D eigenvalue weighted by molar-refractivity contribution is 1.27. The molecule has 0 aromatic heterocycles. The number of allylic oxidation sites excluding steroid dienone is 4. The third kappa shape index (κ3) is 12.6. The fraction of sp³-hybridized carbons (Fsp3) is 0.0390. The summed E-state index contributed by atoms with van der Waals surface area (Å²) in [5.41, 5.74) is 18.8. The van der Waals surface area contributed by atoms with E-state index >= 15 is 0 Å². The third-order valence-corrected chi connectivity index (χ3v) is 14.1. The second kappa shape index (κ2) is 25.7. The van der Waals surface area contributed by atoms with Crippen LogP contribution >= 0.6 is 0 Å². The highest BCUT2D eigenvalue weighted by atomic mass is 15.2. The normalized spacial score (nSPS) is 10.9. The first-order chi connectivity index (χ1) is 39.3. The van der Waals surface area contributed by atoms with Gasteiger partial charge in [0.2, 0.25) is 0 Å². The van der Waals surface area contributed by atoms with Gasteiger partial charge in [-0.15, -0.1) is 0 Å². The van der Waals surface area contributed by atoms with Gasteiger partial charge in [-0.2, -0.15) is 0 Å². The summed E-state index contributed by atoms with van der Waals surface area (Å²) in [4.78, 5) is 6.93. The van der Waals surface area contributed by atoms with Crippen LogP contribution in [0.25, 0.3) is 38.2 Å². The van der Waals surface area contributed by atoms with Crippen LogP contribution in [0, 0.1) is 20.8 Å². The monoisotopic (exact) mass is 1030 g/mol. The molecule has 3 heteroatoms. The Bertz CT molecular complexity index is 3890. The molecule has 0 saturated heterocycles. The highest BCUT2D eigenvalue weighted by Crippen LogP contribution is 2.42. The van der Waals surface area contributed by atoms with Gasteiger partial charge in [0, 0.05) is 50.6 Å². The molecule has 0 N–H and O–H groups in total. The van der Waals surface area contributed by atoms with E-state index in [0.29, 0.717) is 0 Å². The van der Waals surface area contributed by atoms with E-state index in [9.17, 15) is 0 Å². The van der Waals surface area contributed by atoms with Crippen molar-refractivity contribution >= 4 is 78.3 Å². The van der Waals surface area contributed by atoms with E-state index in [1.165, 1.54) is 66.4 Å². The Labute approximate surface area is 473 Å². The summed E-state index contributed by atoms with van der Waals surface area (Å²) in [6.45, 7) is 14.0. The molecule has 388 valence electrons. The van der Waals surface area contributed by atoms with Crippen molar-refractivity contribution in [3.8, 4) is 11.1 Å². The number of anilines is 9. The highest BCUT2D eigenvalue weighted by Gasteiger charge is 2.18. The number of rotatable bonds is 13. The van der Waals surface area contributed by atoms with Gasteiger partial charge in [0.25, 0.3) is 0 Å². The van der Waals surface area contributed by atoms with E-state index in [1.807, 2.05) is 18.2 Å². The van der Waals surface area contributed by atoms with E-state index < -0.39 is 0 Å². The van der Waals surface area contributed by atoms with Crippen LogP contribution in [0.2, 0.25) is 0 Å². The molecule has 0 aliphatic rings. The summed E-state index contributed by atoms with van der Waals surface area (Å²) in [5, 5.41) is 4.99. The maximum atomic E-state index is 3.89. The maximum absolute atomic E-state index is 3.89. The Balaban J connectivity index is 0.000000135. The highest BCUT2D eigenvalue weighted by molar-refractivity contribution is 6.04. The molecule has 0 spiro atoms. The lowest BCUT2D eigenvalue weighted by Gasteiger charge is -2.28. The van der Waals surface area contributed by atoms with Crippen molar-refractivity contribution in [2.24, 2.45) is 0 Å². The van der Waals surface area contributed by atoms with Crippen molar-refractivity contribution in [3.05, 3.63) is 351 Å². The Morgan fingerprint density at radius 3 is 1.09 bits per heavy atom. The van der Waals surface area contributed by atoms with Crippen molar-refractivity contribution in [2.45, 2.75) is 20.8 Å². The summed E-state index contributed by atoms with van der Waals surface area (Å²) in [5.74, 6) is 0. The topological polar surface area (TPSA) is 9.72 Å². The number of fused-ring (bicyclic) bond motifs is 2. The van der Waals surface area contributed by atoms with E-state index in [4.69, 9.17) is 0 Å². The smallest absolute Gasteiger partial charge is 0.0540 e. The van der Waals surface area contributed by atoms with Crippen LogP contribution < -0.4 is 14.7 Å². The molecule has 0 bridgehead atoms. The van der Waals surface area contributed by atoms with Crippen LogP contribution in [0.5, 0.6) is 0 Å². The Morgan fingerprint density at radius 2 is 0.637 bits per heavy atom. The molecule has 0 amide bonds. The van der Waals surface area contributed by atoms with Crippen LogP contribution in [0.1, 0.15) is 22.3 Å². The van der Waals surface area contributed by atoms with Crippen molar-refractivity contribution in [2.75, 3.05) is 14.7 Å². The quantitative estimate of drug-likeness (QED) is 0.107. The first-order valence-electron chi connectivity index (χ1n) is 27.2. The summed E-state index contributed by atoms with van der Waals surface area (Å²) in [7, 11) is 0. The van der Waals surface area contributed by atoms with Crippen molar-refractivity contribution in [1.29, 1.82) is 0 Å². The molecular formula is C77H65N3. The number of benzene rings is 12. The minimum absolute atomic E-state index is 1.06. The van der Waals surface area contributed by atoms with Gasteiger partial charge in [-0.05, 0) is 151 Å². The molecule has 0 aliphatic carbocycles. The third-order valence-electron chi connectivity index (χ3n) is 14.1. The summed E-state index contributed by atoms with van der Waals surface area (Å²) in [6, 6.07) is 105. The second-order valence-corrected chi connectivity index (χ2v) is 19.7. The second-order valence-electron chi connectivity index (χ2n) is 19.7. The predicted octanol–water partition coefficient (Wildman–Crippen LogP) is 22.1. The van der Waals surface area contributed by atoms with Crippen LogP contribution in [-0.4, -0.2) is 0 Å². The Kier molecular flexibility index (Phi) is 17.1. The molecule has 12 aromatic rings. The predicted molar refractivity (Wildman–Crippen MR) is 346 cm³/mol. The zero-order chi connectivity index (χ0) is 55.0.